The Kier molecular flexibility index (Phi) is 4.99. The maximum Gasteiger partial charge on any atom is 0.122 e. The van der Waals surface area contributed by atoms with E-state index in [9.17, 15) is 5.11 Å². The molecule has 2 unspecified atom stereocenters. The number of hydrogen-bond acceptors (Lipinski definition) is 4. The highest BCUT2D eigenvalue weighted by Gasteiger charge is 2.25. The quantitative estimate of drug-likeness (QED) is 0.689. The summed E-state index contributed by atoms with van der Waals surface area (Å²) in [6.07, 6.45) is 0.411. The van der Waals surface area contributed by atoms with Gasteiger partial charge in [-0.3, -0.25) is 4.90 Å². The lowest BCUT2D eigenvalue weighted by Gasteiger charge is -2.38. The summed E-state index contributed by atoms with van der Waals surface area (Å²) in [7, 11) is 2.11. The second kappa shape index (κ2) is 5.80. The molecule has 1 aliphatic rings. The number of nitrogens with two attached hydrogens (primary N) is 1. The third-order valence-electron chi connectivity index (χ3n) is 3.04. The molecule has 0 amide bonds. The predicted octanol–water partition coefficient (Wildman–Crippen LogP) is -0.0744. The summed E-state index contributed by atoms with van der Waals surface area (Å²) in [5.74, 6) is 0.544. The molecular weight excluding hydrogens is 190 g/mol. The van der Waals surface area contributed by atoms with Crippen LogP contribution in [0.5, 0.6) is 0 Å². The van der Waals surface area contributed by atoms with Gasteiger partial charge in [-0.05, 0) is 19.4 Å². The number of nitrogens with zero attached hydrogens (tertiary/aromatic N) is 2. The van der Waals surface area contributed by atoms with Gasteiger partial charge in [0, 0.05) is 32.2 Å². The molecule has 1 rings (SSSR count). The Hall–Kier alpha value is -0.160. The molecule has 4 nitrogen and oxygen atoms in total. The van der Waals surface area contributed by atoms with Gasteiger partial charge in [0.05, 0.1) is 0 Å². The Morgan fingerprint density at radius 1 is 1.20 bits per heavy atom. The van der Waals surface area contributed by atoms with Crippen molar-refractivity contribution in [2.75, 3.05) is 33.2 Å². The van der Waals surface area contributed by atoms with E-state index in [0.29, 0.717) is 5.92 Å². The fraction of sp³-hybridized carbons (Fsp3) is 1.00. The Balaban J connectivity index is 2.35. The van der Waals surface area contributed by atoms with Crippen molar-refractivity contribution >= 4 is 0 Å². The highest BCUT2D eigenvalue weighted by atomic mass is 16.3. The van der Waals surface area contributed by atoms with Crippen LogP contribution in [0.3, 0.4) is 0 Å². The van der Waals surface area contributed by atoms with Crippen molar-refractivity contribution in [1.82, 2.24) is 9.80 Å². The molecule has 1 heterocycles. The first kappa shape index (κ1) is 12.9. The van der Waals surface area contributed by atoms with Gasteiger partial charge < -0.3 is 15.7 Å². The van der Waals surface area contributed by atoms with Gasteiger partial charge in [-0.2, -0.15) is 0 Å². The summed E-state index contributed by atoms with van der Waals surface area (Å²) in [4.78, 5) is 4.37. The first-order chi connectivity index (χ1) is 7.00. The van der Waals surface area contributed by atoms with Crippen molar-refractivity contribution in [2.24, 2.45) is 11.7 Å². The summed E-state index contributed by atoms with van der Waals surface area (Å²) in [6, 6.07) is -0.117. The molecule has 0 spiro atoms. The van der Waals surface area contributed by atoms with E-state index in [2.05, 4.69) is 30.7 Å². The molecule has 2 atom stereocenters. The van der Waals surface area contributed by atoms with Crippen LogP contribution in [0, 0.1) is 5.92 Å². The Morgan fingerprint density at radius 2 is 1.73 bits per heavy atom. The van der Waals surface area contributed by atoms with Gasteiger partial charge in [-0.1, -0.05) is 13.8 Å². The van der Waals surface area contributed by atoms with Crippen LogP contribution < -0.4 is 5.73 Å². The molecule has 1 saturated heterocycles. The molecule has 0 bridgehead atoms. The normalized spacial score (nSPS) is 24.4. The minimum atomic E-state index is -0.471. The monoisotopic (exact) mass is 215 g/mol. The van der Waals surface area contributed by atoms with Crippen LogP contribution in [-0.2, 0) is 0 Å². The standard InChI is InChI=1S/C11H25N3O/c1-9(2)8-10(12)11(15)14-6-4-13(3)5-7-14/h9-11,15H,4-8,12H2,1-3H3. The number of piperazine rings is 1. The Morgan fingerprint density at radius 3 is 2.20 bits per heavy atom. The van der Waals surface area contributed by atoms with Crippen molar-refractivity contribution in [3.05, 3.63) is 0 Å². The molecule has 15 heavy (non-hydrogen) atoms. The van der Waals surface area contributed by atoms with E-state index < -0.39 is 6.23 Å². The van der Waals surface area contributed by atoms with Crippen LogP contribution in [0.4, 0.5) is 0 Å². The maximum absolute atomic E-state index is 10.1. The SMILES string of the molecule is CC(C)CC(N)C(O)N1CCN(C)CC1. The van der Waals surface area contributed by atoms with E-state index in [1.807, 2.05) is 0 Å². The van der Waals surface area contributed by atoms with Crippen molar-refractivity contribution in [3.63, 3.8) is 0 Å². The number of aliphatic hydroxyl groups is 1. The van der Waals surface area contributed by atoms with Crippen molar-refractivity contribution in [3.8, 4) is 0 Å². The van der Waals surface area contributed by atoms with Gasteiger partial charge >= 0.3 is 0 Å². The van der Waals surface area contributed by atoms with Crippen LogP contribution in [-0.4, -0.2) is 60.4 Å². The van der Waals surface area contributed by atoms with E-state index in [4.69, 9.17) is 5.73 Å². The summed E-state index contributed by atoms with van der Waals surface area (Å²) in [6.45, 7) is 8.15. The van der Waals surface area contributed by atoms with Gasteiger partial charge in [-0.15, -0.1) is 0 Å². The van der Waals surface area contributed by atoms with E-state index in [0.717, 1.165) is 32.6 Å². The highest BCUT2D eigenvalue weighted by molar-refractivity contribution is 4.78. The molecule has 0 aromatic heterocycles. The minimum Gasteiger partial charge on any atom is -0.377 e. The molecule has 1 fully saturated rings. The molecular formula is C11H25N3O. The molecule has 0 saturated carbocycles. The second-order valence-electron chi connectivity index (χ2n) is 5.05. The highest BCUT2D eigenvalue weighted by Crippen LogP contribution is 2.11. The Labute approximate surface area is 93.0 Å². The summed E-state index contributed by atoms with van der Waals surface area (Å²) < 4.78 is 0. The largest absolute Gasteiger partial charge is 0.377 e. The van der Waals surface area contributed by atoms with E-state index in [1.165, 1.54) is 0 Å². The zero-order valence-electron chi connectivity index (χ0n) is 10.2. The molecule has 0 aromatic rings. The van der Waals surface area contributed by atoms with E-state index >= 15 is 0 Å². The molecule has 90 valence electrons. The molecule has 0 radical (unpaired) electrons. The van der Waals surface area contributed by atoms with Crippen LogP contribution >= 0.6 is 0 Å². The lowest BCUT2D eigenvalue weighted by molar-refractivity contribution is -0.0400. The Bertz CT molecular complexity index is 179. The van der Waals surface area contributed by atoms with Gasteiger partial charge in [0.2, 0.25) is 0 Å². The maximum atomic E-state index is 10.1. The van der Waals surface area contributed by atoms with Crippen LogP contribution in [0.1, 0.15) is 20.3 Å². The molecule has 1 aliphatic heterocycles. The number of rotatable bonds is 4. The first-order valence-corrected chi connectivity index (χ1v) is 5.87. The number of likely N-dealkylation sites (N-methyl/N-ethyl adjacent to an activating group) is 1. The zero-order chi connectivity index (χ0) is 11.4. The van der Waals surface area contributed by atoms with Gasteiger partial charge in [0.15, 0.2) is 0 Å². The van der Waals surface area contributed by atoms with Crippen molar-refractivity contribution in [1.29, 1.82) is 0 Å². The van der Waals surface area contributed by atoms with Crippen LogP contribution in [0.25, 0.3) is 0 Å². The average molecular weight is 215 g/mol. The van der Waals surface area contributed by atoms with Gasteiger partial charge in [-0.25, -0.2) is 0 Å². The first-order valence-electron chi connectivity index (χ1n) is 5.87. The van der Waals surface area contributed by atoms with Crippen LogP contribution in [0.15, 0.2) is 0 Å². The zero-order valence-corrected chi connectivity index (χ0v) is 10.2. The molecule has 4 heteroatoms. The average Bonchev–Trinajstić information content (AvgIpc) is 2.17. The summed E-state index contributed by atoms with van der Waals surface area (Å²) in [5.41, 5.74) is 5.98. The van der Waals surface area contributed by atoms with E-state index in [-0.39, 0.29) is 6.04 Å². The van der Waals surface area contributed by atoms with E-state index in [1.54, 1.807) is 0 Å². The fourth-order valence-corrected chi connectivity index (χ4v) is 2.02. The smallest absolute Gasteiger partial charge is 0.122 e. The van der Waals surface area contributed by atoms with Gasteiger partial charge in [0.25, 0.3) is 0 Å². The van der Waals surface area contributed by atoms with Crippen LogP contribution in [0.2, 0.25) is 0 Å². The predicted molar refractivity (Wildman–Crippen MR) is 62.5 cm³/mol. The third-order valence-corrected chi connectivity index (χ3v) is 3.04. The fourth-order valence-electron chi connectivity index (χ4n) is 2.02. The number of hydrogen-bond donors (Lipinski definition) is 2. The number of aliphatic hydroxyl groups excluding tert-OH is 1. The third kappa shape index (κ3) is 4.07. The second-order valence-corrected chi connectivity index (χ2v) is 5.05. The topological polar surface area (TPSA) is 52.7 Å². The summed E-state index contributed by atoms with van der Waals surface area (Å²) >= 11 is 0. The van der Waals surface area contributed by atoms with Gasteiger partial charge in [0.1, 0.15) is 6.23 Å². The summed E-state index contributed by atoms with van der Waals surface area (Å²) in [5, 5.41) is 10.1. The molecule has 3 N–H and O–H groups in total. The van der Waals surface area contributed by atoms with Crippen molar-refractivity contribution < 1.29 is 5.11 Å². The minimum absolute atomic E-state index is 0.117. The lowest BCUT2D eigenvalue weighted by Crippen LogP contribution is -2.55. The lowest BCUT2D eigenvalue weighted by atomic mass is 10.0. The molecule has 0 aromatic carbocycles. The molecule has 0 aliphatic carbocycles. The van der Waals surface area contributed by atoms with Crippen molar-refractivity contribution in [2.45, 2.75) is 32.5 Å².